The molecule has 0 saturated carbocycles. The van der Waals surface area contributed by atoms with Crippen molar-refractivity contribution in [2.45, 2.75) is 59.0 Å². The summed E-state index contributed by atoms with van der Waals surface area (Å²) in [5.41, 5.74) is 0.629. The van der Waals surface area contributed by atoms with Crippen molar-refractivity contribution in [2.75, 3.05) is 6.54 Å². The van der Waals surface area contributed by atoms with Gasteiger partial charge in [0.2, 0.25) is 0 Å². The number of ether oxygens (including phenoxy) is 2. The van der Waals surface area contributed by atoms with E-state index in [-0.39, 0.29) is 47.5 Å². The summed E-state index contributed by atoms with van der Waals surface area (Å²) in [6.45, 7) is 9.62. The zero-order valence-electron chi connectivity index (χ0n) is 17.5. The Hall–Kier alpha value is -2.25. The van der Waals surface area contributed by atoms with Gasteiger partial charge in [0.25, 0.3) is 5.91 Å². The molecule has 0 radical (unpaired) electrons. The highest BCUT2D eigenvalue weighted by Gasteiger charge is 2.53. The molecule has 0 aromatic heterocycles. The Morgan fingerprint density at radius 3 is 2.55 bits per heavy atom. The van der Waals surface area contributed by atoms with Gasteiger partial charge in [-0.1, -0.05) is 38.5 Å². The fraction of sp³-hybridized carbons (Fsp3) is 0.591. The van der Waals surface area contributed by atoms with E-state index < -0.39 is 23.6 Å². The minimum atomic E-state index is -0.777. The van der Waals surface area contributed by atoms with Gasteiger partial charge in [0.15, 0.2) is 17.4 Å². The van der Waals surface area contributed by atoms with Crippen molar-refractivity contribution >= 4 is 17.5 Å². The lowest BCUT2D eigenvalue weighted by Crippen LogP contribution is -2.62. The van der Waals surface area contributed by atoms with Crippen LogP contribution in [0.5, 0.6) is 0 Å². The average Bonchev–Trinajstić information content (AvgIpc) is 2.98. The third-order valence-corrected chi connectivity index (χ3v) is 6.17. The van der Waals surface area contributed by atoms with Crippen LogP contribution < -0.4 is 5.32 Å². The number of rotatable bonds is 4. The van der Waals surface area contributed by atoms with Gasteiger partial charge in [-0.25, -0.2) is 0 Å². The van der Waals surface area contributed by atoms with Crippen LogP contribution in [0, 0.1) is 17.8 Å². The Morgan fingerprint density at radius 1 is 1.24 bits per heavy atom. The molecule has 6 atom stereocenters. The fourth-order valence-corrected chi connectivity index (χ4v) is 4.30. The molecule has 3 rings (SSSR count). The second kappa shape index (κ2) is 7.88. The summed E-state index contributed by atoms with van der Waals surface area (Å²) in [5.74, 6) is -2.09. The van der Waals surface area contributed by atoms with Crippen LogP contribution in [0.3, 0.4) is 0 Å². The van der Waals surface area contributed by atoms with Gasteiger partial charge >= 0.3 is 0 Å². The number of carbonyl (C=O) groups is 3. The summed E-state index contributed by atoms with van der Waals surface area (Å²) < 4.78 is 12.3. The van der Waals surface area contributed by atoms with Gasteiger partial charge in [-0.15, -0.1) is 0 Å². The normalized spacial score (nSPS) is 38.4. The summed E-state index contributed by atoms with van der Waals surface area (Å²) in [5, 5.41) is 12.5. The van der Waals surface area contributed by atoms with Crippen molar-refractivity contribution in [3.05, 3.63) is 35.1 Å². The van der Waals surface area contributed by atoms with E-state index in [2.05, 4.69) is 5.32 Å². The van der Waals surface area contributed by atoms with Crippen molar-refractivity contribution < 1.29 is 29.0 Å². The van der Waals surface area contributed by atoms with Gasteiger partial charge in [-0.2, -0.15) is 0 Å². The van der Waals surface area contributed by atoms with Crippen LogP contribution >= 0.6 is 0 Å². The topological polar surface area (TPSA) is 102 Å². The zero-order valence-corrected chi connectivity index (χ0v) is 17.5. The molecule has 0 aromatic rings. The maximum Gasteiger partial charge on any atom is 0.259 e. The maximum absolute atomic E-state index is 12.4. The summed E-state index contributed by atoms with van der Waals surface area (Å²) >= 11 is 0. The molecule has 2 bridgehead atoms. The second-order valence-electron chi connectivity index (χ2n) is 8.54. The van der Waals surface area contributed by atoms with E-state index in [1.54, 1.807) is 6.08 Å². The molecule has 2 N–H and O–H groups in total. The summed E-state index contributed by atoms with van der Waals surface area (Å²) in [6, 6.07) is 0. The number of fused-ring (bicyclic) bond motifs is 2. The van der Waals surface area contributed by atoms with E-state index in [0.717, 1.165) is 5.57 Å². The highest BCUT2D eigenvalue weighted by molar-refractivity contribution is 6.25. The lowest BCUT2D eigenvalue weighted by molar-refractivity contribution is -0.354. The van der Waals surface area contributed by atoms with Crippen LogP contribution in [0.2, 0.25) is 0 Å². The molecule has 158 valence electrons. The molecule has 0 unspecified atom stereocenters. The molecule has 7 nitrogen and oxygen atoms in total. The number of amides is 1. The SMILES string of the molecule is CC(/C=C/C(O)=C1/C(=O)CNC1=O)=C\[C@@H](C)[C@H]1O[C@]2(C)O[C@@H](C(=O)C[C@H]2C)[C@@H]1C. The van der Waals surface area contributed by atoms with Crippen LogP contribution in [-0.2, 0) is 23.9 Å². The predicted octanol–water partition coefficient (Wildman–Crippen LogP) is 2.38. The first-order valence-corrected chi connectivity index (χ1v) is 10.0. The number of nitrogens with one attached hydrogen (secondary N) is 1. The monoisotopic (exact) mass is 403 g/mol. The van der Waals surface area contributed by atoms with Gasteiger partial charge in [0.05, 0.1) is 12.6 Å². The first-order valence-electron chi connectivity index (χ1n) is 10.0. The number of Topliss-reactive ketones (excluding diaryl/α,β-unsaturated/α-hetero) is 2. The highest BCUT2D eigenvalue weighted by atomic mass is 16.7. The Balaban J connectivity index is 1.76. The molecule has 3 aliphatic heterocycles. The third-order valence-electron chi connectivity index (χ3n) is 6.17. The number of hydrogen-bond acceptors (Lipinski definition) is 6. The first-order chi connectivity index (χ1) is 13.5. The zero-order chi connectivity index (χ0) is 21.5. The van der Waals surface area contributed by atoms with Gasteiger partial charge in [0, 0.05) is 24.2 Å². The molecule has 0 aliphatic carbocycles. The third kappa shape index (κ3) is 4.07. The van der Waals surface area contributed by atoms with Crippen LogP contribution in [-0.4, -0.2) is 47.1 Å². The average molecular weight is 403 g/mol. The second-order valence-corrected chi connectivity index (χ2v) is 8.54. The molecular formula is C22H29NO6. The number of hydrogen-bond donors (Lipinski definition) is 2. The highest BCUT2D eigenvalue weighted by Crippen LogP contribution is 2.44. The summed E-state index contributed by atoms with van der Waals surface area (Å²) in [7, 11) is 0. The fourth-order valence-electron chi connectivity index (χ4n) is 4.30. The first kappa shape index (κ1) is 21.5. The van der Waals surface area contributed by atoms with E-state index in [4.69, 9.17) is 9.47 Å². The Kier molecular flexibility index (Phi) is 5.83. The van der Waals surface area contributed by atoms with E-state index in [0.29, 0.717) is 6.42 Å². The molecule has 3 saturated heterocycles. The summed E-state index contributed by atoms with van der Waals surface area (Å²) in [6.07, 6.45) is 4.81. The lowest BCUT2D eigenvalue weighted by atomic mass is 9.78. The Morgan fingerprint density at radius 2 is 1.93 bits per heavy atom. The number of allylic oxidation sites excluding steroid dienone is 3. The molecule has 3 heterocycles. The van der Waals surface area contributed by atoms with Crippen LogP contribution in [0.4, 0.5) is 0 Å². The van der Waals surface area contributed by atoms with E-state index in [1.165, 1.54) is 6.08 Å². The van der Waals surface area contributed by atoms with Gasteiger partial charge < -0.3 is 19.9 Å². The number of aliphatic hydroxyl groups excluding tert-OH is 1. The minimum Gasteiger partial charge on any atom is -0.507 e. The number of carbonyl (C=O) groups excluding carboxylic acids is 3. The molecule has 29 heavy (non-hydrogen) atoms. The van der Waals surface area contributed by atoms with E-state index in [9.17, 15) is 19.5 Å². The Labute approximate surface area is 170 Å². The molecule has 0 spiro atoms. The standard InChI is InChI=1S/C22H29NO6/c1-11(6-7-15(24)18-17(26)10-23-21(18)27)8-12(2)19-14(4)20-16(25)9-13(3)22(5,28-19)29-20/h6-8,12-14,19-20,24H,9-10H2,1-5H3,(H,23,27)/b7-6+,11-8+,18-15+/t12-,13-,14-,19-,20-,22-/m1/s1. The quantitative estimate of drug-likeness (QED) is 0.323. The maximum atomic E-state index is 12.4. The van der Waals surface area contributed by atoms with Crippen LogP contribution in [0.25, 0.3) is 0 Å². The van der Waals surface area contributed by atoms with E-state index >= 15 is 0 Å². The predicted molar refractivity (Wildman–Crippen MR) is 106 cm³/mol. The molecule has 1 amide bonds. The van der Waals surface area contributed by atoms with Crippen molar-refractivity contribution in [1.29, 1.82) is 0 Å². The van der Waals surface area contributed by atoms with Crippen LogP contribution in [0.1, 0.15) is 41.0 Å². The molecule has 3 aliphatic rings. The van der Waals surface area contributed by atoms with E-state index in [1.807, 2.05) is 40.7 Å². The molecule has 3 fully saturated rings. The van der Waals surface area contributed by atoms with Crippen molar-refractivity contribution in [2.24, 2.45) is 17.8 Å². The molecule has 0 aromatic carbocycles. The van der Waals surface area contributed by atoms with Crippen molar-refractivity contribution in [1.82, 2.24) is 5.32 Å². The lowest BCUT2D eigenvalue weighted by Gasteiger charge is -2.52. The van der Waals surface area contributed by atoms with Gasteiger partial charge in [-0.3, -0.25) is 14.4 Å². The Bertz CT molecular complexity index is 807. The summed E-state index contributed by atoms with van der Waals surface area (Å²) in [4.78, 5) is 35.7. The van der Waals surface area contributed by atoms with Gasteiger partial charge in [0.1, 0.15) is 17.4 Å². The van der Waals surface area contributed by atoms with Crippen molar-refractivity contribution in [3.63, 3.8) is 0 Å². The van der Waals surface area contributed by atoms with Crippen LogP contribution in [0.15, 0.2) is 35.1 Å². The smallest absolute Gasteiger partial charge is 0.259 e. The number of aliphatic hydroxyl groups is 1. The molecular weight excluding hydrogens is 374 g/mol. The van der Waals surface area contributed by atoms with Gasteiger partial charge in [-0.05, 0) is 19.9 Å². The van der Waals surface area contributed by atoms with Crippen molar-refractivity contribution in [3.8, 4) is 0 Å². The minimum absolute atomic E-state index is 0.00955. The number of ketones is 2. The largest absolute Gasteiger partial charge is 0.507 e. The molecule has 7 heteroatoms.